The van der Waals surface area contributed by atoms with Crippen LogP contribution in [-0.4, -0.2) is 99.6 Å². The lowest BCUT2D eigenvalue weighted by molar-refractivity contribution is -0.207. The van der Waals surface area contributed by atoms with Crippen LogP contribution in [0.25, 0.3) is 0 Å². The van der Waals surface area contributed by atoms with E-state index < -0.39 is 36.1 Å². The average molecular weight is 1870 g/mol. The van der Waals surface area contributed by atoms with Gasteiger partial charge in [-0.25, -0.2) is 19.2 Å². The van der Waals surface area contributed by atoms with Gasteiger partial charge in [-0.3, -0.25) is 4.79 Å². The highest BCUT2D eigenvalue weighted by Crippen LogP contribution is 2.60. The number of carbonyl (C=O) groups excluding carboxylic acids is 5. The topological polar surface area (TPSA) is 162 Å². The van der Waals surface area contributed by atoms with Gasteiger partial charge in [0.1, 0.15) is 34.2 Å². The van der Waals surface area contributed by atoms with Crippen LogP contribution in [0.3, 0.4) is 0 Å². The van der Waals surface area contributed by atoms with Gasteiger partial charge in [0.25, 0.3) is 0 Å². The quantitative estimate of drug-likeness (QED) is 0.0137. The van der Waals surface area contributed by atoms with Crippen molar-refractivity contribution >= 4 is 73.4 Å². The fourth-order valence-electron chi connectivity index (χ4n) is 21.3. The van der Waals surface area contributed by atoms with Crippen molar-refractivity contribution in [1.29, 1.82) is 0 Å². The second-order valence-electron chi connectivity index (χ2n) is 37.3. The summed E-state index contributed by atoms with van der Waals surface area (Å²) in [6.07, 6.45) is 14.2. The maximum Gasteiger partial charge on any atom is 0.349 e. The first-order chi connectivity index (χ1) is 64.8. The Hall–Kier alpha value is -11.3. The summed E-state index contributed by atoms with van der Waals surface area (Å²) in [5.41, 5.74) is 7.51. The third kappa shape index (κ3) is 24.7. The average Bonchev–Trinajstić information content (AvgIpc) is 0.807. The van der Waals surface area contributed by atoms with Crippen molar-refractivity contribution in [3.63, 3.8) is 0 Å². The first kappa shape index (κ1) is 97.3. The molecule has 0 heterocycles. The van der Waals surface area contributed by atoms with Crippen molar-refractivity contribution in [2.45, 2.75) is 216 Å². The molecule has 8 bridgehead atoms. The number of benzene rings is 12. The molecular weight excluding hydrogens is 1740 g/mol. The third-order valence-electron chi connectivity index (χ3n) is 26.5. The molecule has 0 atom stereocenters. The monoisotopic (exact) mass is 1870 g/mol. The highest BCUT2D eigenvalue weighted by molar-refractivity contribution is 7.98. The van der Waals surface area contributed by atoms with Crippen LogP contribution < -0.4 is 18.9 Å². The molecule has 0 saturated heterocycles. The fraction of sp³-hybridized carbons (Fsp3) is 0.336. The van der Waals surface area contributed by atoms with E-state index in [2.05, 4.69) is 296 Å². The molecule has 0 aliphatic heterocycles. The number of rotatable bonds is 30. The molecule has 18 heteroatoms. The van der Waals surface area contributed by atoms with Crippen LogP contribution in [0.15, 0.2) is 350 Å². The molecular formula is C116H127NO13S4+4. The van der Waals surface area contributed by atoms with Crippen molar-refractivity contribution in [3.8, 4) is 23.0 Å². The Morgan fingerprint density at radius 1 is 0.306 bits per heavy atom. The molecule has 8 aliphatic carbocycles. The van der Waals surface area contributed by atoms with Crippen LogP contribution in [0, 0.1) is 96.8 Å². The van der Waals surface area contributed by atoms with Crippen LogP contribution in [-0.2, 0) is 86.5 Å². The lowest BCUT2D eigenvalue weighted by atomic mass is 9.50. The molecule has 8 saturated carbocycles. The van der Waals surface area contributed by atoms with E-state index in [0.29, 0.717) is 23.3 Å². The van der Waals surface area contributed by atoms with Crippen molar-refractivity contribution in [3.05, 3.63) is 336 Å². The zero-order valence-corrected chi connectivity index (χ0v) is 82.6. The predicted molar refractivity (Wildman–Crippen MR) is 535 cm³/mol. The van der Waals surface area contributed by atoms with E-state index >= 15 is 0 Å². The van der Waals surface area contributed by atoms with Gasteiger partial charge in [-0.1, -0.05) is 146 Å². The Balaban J connectivity index is 0.000000138. The van der Waals surface area contributed by atoms with Gasteiger partial charge in [0.05, 0.1) is 50.2 Å². The summed E-state index contributed by atoms with van der Waals surface area (Å²) in [6.45, 7) is 20.4. The summed E-state index contributed by atoms with van der Waals surface area (Å²) < 4.78 is 45.8. The zero-order chi connectivity index (χ0) is 94.0. The molecule has 694 valence electrons. The Bertz CT molecular complexity index is 5660. The minimum atomic E-state index is -0.593. The third-order valence-corrected chi connectivity index (χ3v) is 35.3. The normalized spacial score (nSPS) is 19.7. The second-order valence-corrected chi connectivity index (χ2v) is 45.4. The molecule has 0 spiro atoms. The molecule has 12 aromatic carbocycles. The van der Waals surface area contributed by atoms with Gasteiger partial charge in [-0.15, -0.1) is 0 Å². The Morgan fingerprint density at radius 3 is 0.858 bits per heavy atom. The smallest absolute Gasteiger partial charge is 0.349 e. The number of hydrogen-bond donors (Lipinski definition) is 0. The molecule has 0 unspecified atom stereocenters. The second kappa shape index (κ2) is 45.4. The van der Waals surface area contributed by atoms with E-state index in [-0.39, 0.29) is 75.0 Å². The van der Waals surface area contributed by atoms with Gasteiger partial charge in [0.2, 0.25) is 0 Å². The predicted octanol–water partition coefficient (Wildman–Crippen LogP) is 25.0. The molecule has 0 aromatic heterocycles. The van der Waals surface area contributed by atoms with E-state index in [9.17, 15) is 24.0 Å². The summed E-state index contributed by atoms with van der Waals surface area (Å²) in [7, 11) is 3.32. The Morgan fingerprint density at radius 2 is 0.567 bits per heavy atom. The molecule has 134 heavy (non-hydrogen) atoms. The number of aryl methyl sites for hydroxylation is 8. The van der Waals surface area contributed by atoms with Gasteiger partial charge in [0.15, 0.2) is 85.2 Å². The lowest BCUT2D eigenvalue weighted by Crippen LogP contribution is -2.58. The van der Waals surface area contributed by atoms with E-state index in [1.165, 1.54) is 97.6 Å². The van der Waals surface area contributed by atoms with Crippen LogP contribution in [0.4, 0.5) is 0 Å². The largest absolute Gasteiger partial charge is 0.493 e. The first-order valence-electron chi connectivity index (χ1n) is 47.1. The van der Waals surface area contributed by atoms with Crippen LogP contribution in [0.2, 0.25) is 0 Å². The van der Waals surface area contributed by atoms with Crippen molar-refractivity contribution in [2.75, 3.05) is 53.7 Å². The van der Waals surface area contributed by atoms with Crippen LogP contribution >= 0.6 is 0 Å². The zero-order valence-electron chi connectivity index (χ0n) is 79.4. The number of ether oxygens (including phenoxy) is 8. The summed E-state index contributed by atoms with van der Waals surface area (Å²) in [4.78, 5) is 78.4. The van der Waals surface area contributed by atoms with Crippen molar-refractivity contribution in [1.82, 2.24) is 4.90 Å². The van der Waals surface area contributed by atoms with E-state index in [1.807, 2.05) is 76.2 Å². The van der Waals surface area contributed by atoms with Gasteiger partial charge in [-0.2, -0.15) is 0 Å². The van der Waals surface area contributed by atoms with Crippen LogP contribution in [0.1, 0.15) is 135 Å². The molecule has 12 aromatic rings. The Kier molecular flexibility index (Phi) is 33.0. The first-order valence-corrected chi connectivity index (χ1v) is 52.0. The molecule has 14 nitrogen and oxygen atoms in total. The summed E-state index contributed by atoms with van der Waals surface area (Å²) in [5, 5.41) is 0. The molecule has 20 rings (SSSR count). The maximum atomic E-state index is 12.9. The molecule has 0 N–H and O–H groups in total. The van der Waals surface area contributed by atoms with Gasteiger partial charge >= 0.3 is 29.8 Å². The highest BCUT2D eigenvalue weighted by Gasteiger charge is 2.58. The number of carbonyl (C=O) groups is 5. The number of hydrogen-bond acceptors (Lipinski definition) is 14. The summed E-state index contributed by atoms with van der Waals surface area (Å²) >= 11 is 0. The van der Waals surface area contributed by atoms with Crippen molar-refractivity contribution in [2.24, 2.45) is 41.4 Å². The van der Waals surface area contributed by atoms with E-state index in [4.69, 9.17) is 37.9 Å². The van der Waals surface area contributed by atoms with Gasteiger partial charge in [-0.05, 0) is 336 Å². The molecule has 0 radical (unpaired) electrons. The molecule has 8 aliphatic rings. The Labute approximate surface area is 804 Å². The maximum absolute atomic E-state index is 12.9. The molecule has 8 fully saturated rings. The summed E-state index contributed by atoms with van der Waals surface area (Å²) in [5.74, 6) is 5.36. The van der Waals surface area contributed by atoms with E-state index in [0.717, 1.165) is 144 Å². The van der Waals surface area contributed by atoms with E-state index in [1.54, 1.807) is 0 Å². The number of nitrogens with zero attached hydrogens (tertiary/aromatic N) is 1. The number of esters is 5. The standard InChI is InChI=1S/C35H39O5S.C32H35O3S.C25H30NOS.C24H23O4S/c1-23-14-31(41(29-10-6-4-7-11-29)30-12-8-5-9-13-30)15-24(2)34(23)39-21-32(36)38-22-33(37)40-35(3)27-17-25-16-26(19-27)20-28(35)18-25;1-22-13-29(36(27-9-5-3-6-10-27)28-11-7-4-8-12-28)14-23(2)31(22)34-21-30(33)35-32-18-24-15-25(19-32)17-26(16-24)20-32;1-20-18-24(19-21(2)25(20)27-17-11-16-26(3)4)28(22-12-7-5-8-13-22)23-14-9-6-10-15-23;1-17-14-22(15-18(2)24(17)28-23(26)16-27-19(3)25)29(20-10-6-4-7-11-20)21-12-8-5-9-13-21/h4-15,25-28H,16-22H2,1-3H3;3-14,24-26H,15-21H2,1-2H3;5-10,12-15,18-19H,11,16-17H2,1-4H3;4-15H,16H2,1-3H3/q4*+1. The minimum Gasteiger partial charge on any atom is -0.493 e. The highest BCUT2D eigenvalue weighted by atomic mass is 32.2. The SMILES string of the molecule is CC(=O)OCC(=O)Oc1c(C)cc([S+](c2ccccc2)c2ccccc2)cc1C.Cc1cc([S+](c2ccccc2)c2ccccc2)cc(C)c1OCC(=O)OC12CC3CC(CC(C3)C1)C2.Cc1cc([S+](c2ccccc2)c2ccccc2)cc(C)c1OCC(=O)OCC(=O)OC1(C)C2CC3CC(C2)CC1C3.Cc1cc([S+](c2ccccc2)c2ccccc2)cc(C)c1OCCCN(C)C. The van der Waals surface area contributed by atoms with Gasteiger partial charge < -0.3 is 42.8 Å². The summed E-state index contributed by atoms with van der Waals surface area (Å²) in [6, 6.07) is 102. The van der Waals surface area contributed by atoms with Gasteiger partial charge in [0, 0.05) is 62.0 Å². The van der Waals surface area contributed by atoms with Crippen molar-refractivity contribution < 1.29 is 61.9 Å². The van der Waals surface area contributed by atoms with Crippen LogP contribution in [0.5, 0.6) is 23.0 Å². The molecule has 0 amide bonds. The fourth-order valence-corrected chi connectivity index (χ4v) is 30.4. The lowest BCUT2D eigenvalue weighted by Gasteiger charge is -2.59. The minimum absolute atomic E-state index is 0.0220.